The Labute approximate surface area is 102 Å². The quantitative estimate of drug-likeness (QED) is 0.780. The molecule has 2 rings (SSSR count). The summed E-state index contributed by atoms with van der Waals surface area (Å²) in [5.41, 5.74) is 2.33. The standard InChI is InChI=1S/C14H16N2O/c1-10-4-5-11(2)12(8-10)16(3)13(17)14(9-15)6-7-14/h4-5,8H,6-7H2,1-3H3. The van der Waals surface area contributed by atoms with Crippen LogP contribution in [0.1, 0.15) is 24.0 Å². The van der Waals surface area contributed by atoms with Gasteiger partial charge in [-0.1, -0.05) is 12.1 Å². The lowest BCUT2D eigenvalue weighted by Crippen LogP contribution is -2.33. The molecule has 1 aliphatic rings. The van der Waals surface area contributed by atoms with E-state index >= 15 is 0 Å². The van der Waals surface area contributed by atoms with Crippen LogP contribution < -0.4 is 4.90 Å². The highest BCUT2D eigenvalue weighted by Gasteiger charge is 2.52. The molecule has 0 bridgehead atoms. The normalized spacial score (nSPS) is 16.1. The lowest BCUT2D eigenvalue weighted by atomic mass is 10.1. The third-order valence-corrected chi connectivity index (χ3v) is 3.40. The van der Waals surface area contributed by atoms with Crippen LogP contribution in [0, 0.1) is 30.6 Å². The molecule has 0 aliphatic heterocycles. The van der Waals surface area contributed by atoms with Gasteiger partial charge in [0.15, 0.2) is 0 Å². The third kappa shape index (κ3) is 1.91. The van der Waals surface area contributed by atoms with Gasteiger partial charge < -0.3 is 4.90 Å². The van der Waals surface area contributed by atoms with Gasteiger partial charge in [-0.2, -0.15) is 5.26 Å². The van der Waals surface area contributed by atoms with Crippen molar-refractivity contribution in [2.24, 2.45) is 5.41 Å². The number of hydrogen-bond donors (Lipinski definition) is 0. The SMILES string of the molecule is Cc1ccc(C)c(N(C)C(=O)C2(C#N)CC2)c1. The van der Waals surface area contributed by atoms with Gasteiger partial charge in [-0.25, -0.2) is 0 Å². The van der Waals surface area contributed by atoms with E-state index in [1.165, 1.54) is 0 Å². The minimum Gasteiger partial charge on any atom is -0.314 e. The fraction of sp³-hybridized carbons (Fsp3) is 0.429. The van der Waals surface area contributed by atoms with Gasteiger partial charge in [0.05, 0.1) is 6.07 Å². The average molecular weight is 228 g/mol. The number of carbonyl (C=O) groups excluding carboxylic acids is 1. The predicted molar refractivity (Wildman–Crippen MR) is 66.6 cm³/mol. The van der Waals surface area contributed by atoms with Crippen molar-refractivity contribution in [1.29, 1.82) is 5.26 Å². The fourth-order valence-electron chi connectivity index (χ4n) is 2.01. The van der Waals surface area contributed by atoms with Crippen LogP contribution >= 0.6 is 0 Å². The highest BCUT2D eigenvalue weighted by Crippen LogP contribution is 2.47. The topological polar surface area (TPSA) is 44.1 Å². The molecule has 0 spiro atoms. The first-order valence-corrected chi connectivity index (χ1v) is 5.77. The van der Waals surface area contributed by atoms with E-state index in [0.29, 0.717) is 12.8 Å². The van der Waals surface area contributed by atoms with Crippen LogP contribution in [0.15, 0.2) is 18.2 Å². The van der Waals surface area contributed by atoms with Crippen molar-refractivity contribution in [2.45, 2.75) is 26.7 Å². The molecule has 0 atom stereocenters. The van der Waals surface area contributed by atoms with E-state index in [4.69, 9.17) is 5.26 Å². The highest BCUT2D eigenvalue weighted by atomic mass is 16.2. The molecule has 3 nitrogen and oxygen atoms in total. The summed E-state index contributed by atoms with van der Waals surface area (Å²) >= 11 is 0. The zero-order valence-corrected chi connectivity index (χ0v) is 10.4. The number of nitrogens with zero attached hydrogens (tertiary/aromatic N) is 2. The molecule has 0 heterocycles. The largest absolute Gasteiger partial charge is 0.314 e. The second-order valence-corrected chi connectivity index (χ2v) is 4.85. The fourth-order valence-corrected chi connectivity index (χ4v) is 2.01. The molecule has 0 unspecified atom stereocenters. The Balaban J connectivity index is 2.32. The van der Waals surface area contributed by atoms with Crippen LogP contribution in [0.3, 0.4) is 0 Å². The first kappa shape index (κ1) is 11.7. The zero-order chi connectivity index (χ0) is 12.6. The average Bonchev–Trinajstić information content (AvgIpc) is 3.11. The second-order valence-electron chi connectivity index (χ2n) is 4.85. The molecule has 1 aromatic carbocycles. The number of benzene rings is 1. The van der Waals surface area contributed by atoms with E-state index in [1.807, 2.05) is 32.0 Å². The van der Waals surface area contributed by atoms with Crippen LogP contribution in [0.2, 0.25) is 0 Å². The Morgan fingerprint density at radius 1 is 1.41 bits per heavy atom. The van der Waals surface area contributed by atoms with Gasteiger partial charge in [0.25, 0.3) is 0 Å². The van der Waals surface area contributed by atoms with E-state index in [-0.39, 0.29) is 5.91 Å². The first-order chi connectivity index (χ1) is 8.00. The van der Waals surface area contributed by atoms with Gasteiger partial charge in [-0.05, 0) is 43.9 Å². The van der Waals surface area contributed by atoms with Crippen LogP contribution in [0.4, 0.5) is 5.69 Å². The van der Waals surface area contributed by atoms with Crippen molar-refractivity contribution in [2.75, 3.05) is 11.9 Å². The monoisotopic (exact) mass is 228 g/mol. The summed E-state index contributed by atoms with van der Waals surface area (Å²) in [6.45, 7) is 3.98. The van der Waals surface area contributed by atoms with Crippen molar-refractivity contribution in [1.82, 2.24) is 0 Å². The summed E-state index contributed by atoms with van der Waals surface area (Å²) in [6.07, 6.45) is 1.38. The summed E-state index contributed by atoms with van der Waals surface area (Å²) in [5, 5.41) is 9.05. The maximum absolute atomic E-state index is 12.2. The smallest absolute Gasteiger partial charge is 0.247 e. The van der Waals surface area contributed by atoms with E-state index < -0.39 is 5.41 Å². The lowest BCUT2D eigenvalue weighted by Gasteiger charge is -2.22. The molecule has 1 aromatic rings. The second kappa shape index (κ2) is 3.89. The summed E-state index contributed by atoms with van der Waals surface area (Å²) in [5.74, 6) is -0.0753. The number of aryl methyl sites for hydroxylation is 2. The minimum atomic E-state index is -0.745. The van der Waals surface area contributed by atoms with Gasteiger partial charge in [-0.3, -0.25) is 4.79 Å². The molecule has 0 aromatic heterocycles. The molecule has 1 saturated carbocycles. The van der Waals surface area contributed by atoms with E-state index in [0.717, 1.165) is 16.8 Å². The third-order valence-electron chi connectivity index (χ3n) is 3.40. The van der Waals surface area contributed by atoms with Gasteiger partial charge >= 0.3 is 0 Å². The van der Waals surface area contributed by atoms with Crippen molar-refractivity contribution in [3.05, 3.63) is 29.3 Å². The van der Waals surface area contributed by atoms with Crippen molar-refractivity contribution >= 4 is 11.6 Å². The Morgan fingerprint density at radius 2 is 2.06 bits per heavy atom. The summed E-state index contributed by atoms with van der Waals surface area (Å²) in [6, 6.07) is 8.16. The van der Waals surface area contributed by atoms with Gasteiger partial charge in [0.1, 0.15) is 5.41 Å². The number of nitriles is 1. The maximum Gasteiger partial charge on any atom is 0.247 e. The molecule has 0 saturated heterocycles. The van der Waals surface area contributed by atoms with Crippen LogP contribution in [0.25, 0.3) is 0 Å². The highest BCUT2D eigenvalue weighted by molar-refractivity contribution is 6.01. The minimum absolute atomic E-state index is 0.0753. The number of carbonyl (C=O) groups is 1. The zero-order valence-electron chi connectivity index (χ0n) is 10.4. The Morgan fingerprint density at radius 3 is 2.59 bits per heavy atom. The number of anilines is 1. The molecule has 1 amide bonds. The van der Waals surface area contributed by atoms with Crippen molar-refractivity contribution in [3.63, 3.8) is 0 Å². The van der Waals surface area contributed by atoms with Gasteiger partial charge in [-0.15, -0.1) is 0 Å². The Kier molecular flexibility index (Phi) is 2.66. The number of amides is 1. The van der Waals surface area contributed by atoms with Gasteiger partial charge in [0, 0.05) is 12.7 Å². The number of rotatable bonds is 2. The molecular formula is C14H16N2O. The molecule has 0 radical (unpaired) electrons. The van der Waals surface area contributed by atoms with Crippen LogP contribution in [-0.2, 0) is 4.79 Å². The first-order valence-electron chi connectivity index (χ1n) is 5.77. The summed E-state index contributed by atoms with van der Waals surface area (Å²) < 4.78 is 0. The van der Waals surface area contributed by atoms with Crippen molar-refractivity contribution in [3.8, 4) is 6.07 Å². The van der Waals surface area contributed by atoms with E-state index in [2.05, 4.69) is 6.07 Å². The Bertz CT molecular complexity index is 509. The maximum atomic E-state index is 12.2. The molecule has 1 fully saturated rings. The van der Waals surface area contributed by atoms with E-state index in [1.54, 1.807) is 11.9 Å². The van der Waals surface area contributed by atoms with Crippen molar-refractivity contribution < 1.29 is 4.79 Å². The van der Waals surface area contributed by atoms with Gasteiger partial charge in [0.2, 0.25) is 5.91 Å². The van der Waals surface area contributed by atoms with Crippen LogP contribution in [-0.4, -0.2) is 13.0 Å². The summed E-state index contributed by atoms with van der Waals surface area (Å²) in [4.78, 5) is 13.8. The van der Waals surface area contributed by atoms with Crippen LogP contribution in [0.5, 0.6) is 0 Å². The van der Waals surface area contributed by atoms with E-state index in [9.17, 15) is 4.79 Å². The molecular weight excluding hydrogens is 212 g/mol. The number of hydrogen-bond acceptors (Lipinski definition) is 2. The molecule has 88 valence electrons. The molecule has 0 N–H and O–H groups in total. The predicted octanol–water partition coefficient (Wildman–Crippen LogP) is 2.57. The molecule has 3 heteroatoms. The Hall–Kier alpha value is -1.82. The molecule has 1 aliphatic carbocycles. The lowest BCUT2D eigenvalue weighted by molar-refractivity contribution is -0.121. The molecule has 17 heavy (non-hydrogen) atoms. The summed E-state index contributed by atoms with van der Waals surface area (Å²) in [7, 11) is 1.75.